The zero-order valence-corrected chi connectivity index (χ0v) is 14.8. The average molecular weight is 356 g/mol. The van der Waals surface area contributed by atoms with Gasteiger partial charge >= 0.3 is 0 Å². The first-order valence-corrected chi connectivity index (χ1v) is 8.50. The number of aliphatic hydroxyl groups excluding tert-OH is 1. The molecule has 2 aliphatic rings. The Morgan fingerprint density at radius 3 is 2.73 bits per heavy atom. The van der Waals surface area contributed by atoms with Crippen molar-refractivity contribution < 1.29 is 28.8 Å². The van der Waals surface area contributed by atoms with Crippen molar-refractivity contribution >= 4 is 5.78 Å². The molecule has 6 nitrogen and oxygen atoms in total. The summed E-state index contributed by atoms with van der Waals surface area (Å²) in [5.74, 6) is 2.20. The second-order valence-corrected chi connectivity index (χ2v) is 6.58. The summed E-state index contributed by atoms with van der Waals surface area (Å²) in [6.45, 7) is 3.72. The molecule has 0 fully saturated rings. The first-order chi connectivity index (χ1) is 12.5. The number of ketones is 1. The number of benzene rings is 2. The topological polar surface area (TPSA) is 74.2 Å². The Kier molecular flexibility index (Phi) is 4.00. The van der Waals surface area contributed by atoms with Crippen molar-refractivity contribution in [2.75, 3.05) is 13.9 Å². The molecule has 0 spiro atoms. The largest absolute Gasteiger partial charge is 0.493 e. The Bertz CT molecular complexity index is 873. The summed E-state index contributed by atoms with van der Waals surface area (Å²) in [6, 6.07) is 9.14. The second kappa shape index (κ2) is 6.21. The minimum atomic E-state index is -1.07. The zero-order valence-electron chi connectivity index (χ0n) is 14.8. The lowest BCUT2D eigenvalue weighted by Gasteiger charge is -2.16. The zero-order chi connectivity index (χ0) is 18.4. The van der Waals surface area contributed by atoms with Gasteiger partial charge in [-0.3, -0.25) is 4.79 Å². The number of carbonyl (C=O) groups excluding carboxylic acids is 1. The minimum Gasteiger partial charge on any atom is -0.493 e. The maximum Gasteiger partial charge on any atom is 0.231 e. The molecule has 0 unspecified atom stereocenters. The van der Waals surface area contributed by atoms with Crippen LogP contribution in [0.3, 0.4) is 0 Å². The molecule has 2 aliphatic heterocycles. The smallest absolute Gasteiger partial charge is 0.231 e. The predicted octanol–water partition coefficient (Wildman–Crippen LogP) is 3.22. The van der Waals surface area contributed by atoms with Crippen LogP contribution < -0.4 is 18.9 Å². The number of aliphatic hydroxyl groups is 1. The first kappa shape index (κ1) is 16.7. The third-order valence-corrected chi connectivity index (χ3v) is 4.88. The van der Waals surface area contributed by atoms with Crippen LogP contribution in [0.15, 0.2) is 30.3 Å². The maximum absolute atomic E-state index is 12.2. The van der Waals surface area contributed by atoms with Crippen LogP contribution >= 0.6 is 0 Å². The Morgan fingerprint density at radius 1 is 1.23 bits per heavy atom. The molecule has 2 aromatic carbocycles. The molecule has 2 heterocycles. The van der Waals surface area contributed by atoms with Crippen molar-refractivity contribution in [2.24, 2.45) is 0 Å². The van der Waals surface area contributed by atoms with E-state index in [9.17, 15) is 9.90 Å². The quantitative estimate of drug-likeness (QED) is 0.848. The van der Waals surface area contributed by atoms with Crippen molar-refractivity contribution in [3.63, 3.8) is 0 Å². The standard InChI is InChI=1S/C20H20O6/c1-10-14-6-13(18(22)11(2)21)8-17(23-3)20(14)26-19(10)12-4-5-15-16(7-12)25-9-24-15/h4-8,10-11,19,21H,9H2,1-3H3/t10-,11-,19-/m0/s1. The van der Waals surface area contributed by atoms with E-state index in [4.69, 9.17) is 18.9 Å². The summed E-state index contributed by atoms with van der Waals surface area (Å²) in [5, 5.41) is 9.62. The SMILES string of the molecule is COc1cc(C(=O)[C@H](C)O)cc2c1O[C@H](c1ccc3c(c1)OCO3)[C@H]2C. The van der Waals surface area contributed by atoms with Gasteiger partial charge in [-0.2, -0.15) is 0 Å². The van der Waals surface area contributed by atoms with E-state index in [2.05, 4.69) is 0 Å². The molecule has 0 aliphatic carbocycles. The molecular weight excluding hydrogens is 336 g/mol. The van der Waals surface area contributed by atoms with Gasteiger partial charge in [0.25, 0.3) is 0 Å². The van der Waals surface area contributed by atoms with Crippen molar-refractivity contribution in [1.29, 1.82) is 0 Å². The Balaban J connectivity index is 1.73. The molecule has 136 valence electrons. The normalized spacial score (nSPS) is 21.1. The van der Waals surface area contributed by atoms with E-state index in [0.29, 0.717) is 22.8 Å². The highest BCUT2D eigenvalue weighted by Crippen LogP contribution is 2.51. The predicted molar refractivity (Wildman–Crippen MR) is 93.4 cm³/mol. The highest BCUT2D eigenvalue weighted by Gasteiger charge is 2.36. The third kappa shape index (κ3) is 2.57. The summed E-state index contributed by atoms with van der Waals surface area (Å²) in [5.41, 5.74) is 2.26. The fraction of sp³-hybridized carbons (Fsp3) is 0.350. The summed E-state index contributed by atoms with van der Waals surface area (Å²) < 4.78 is 22.4. The molecule has 1 N–H and O–H groups in total. The lowest BCUT2D eigenvalue weighted by atomic mass is 9.90. The van der Waals surface area contributed by atoms with Gasteiger partial charge in [0.1, 0.15) is 12.2 Å². The molecule has 0 amide bonds. The van der Waals surface area contributed by atoms with Gasteiger partial charge in [0.05, 0.1) is 7.11 Å². The molecule has 0 aromatic heterocycles. The number of hydrogen-bond donors (Lipinski definition) is 1. The van der Waals surface area contributed by atoms with Gasteiger partial charge in [0, 0.05) is 17.0 Å². The van der Waals surface area contributed by atoms with Crippen LogP contribution in [0.25, 0.3) is 0 Å². The molecule has 6 heteroatoms. The van der Waals surface area contributed by atoms with Crippen molar-refractivity contribution in [3.05, 3.63) is 47.0 Å². The summed E-state index contributed by atoms with van der Waals surface area (Å²) >= 11 is 0. The van der Waals surface area contributed by atoms with Crippen molar-refractivity contribution in [2.45, 2.75) is 32.0 Å². The number of hydrogen-bond acceptors (Lipinski definition) is 6. The molecule has 0 radical (unpaired) electrons. The summed E-state index contributed by atoms with van der Waals surface area (Å²) in [7, 11) is 1.54. The Morgan fingerprint density at radius 2 is 2.00 bits per heavy atom. The highest BCUT2D eigenvalue weighted by atomic mass is 16.7. The molecule has 2 aromatic rings. The Hall–Kier alpha value is -2.73. The van der Waals surface area contributed by atoms with E-state index < -0.39 is 6.10 Å². The van der Waals surface area contributed by atoms with Gasteiger partial charge < -0.3 is 24.1 Å². The molecule has 0 bridgehead atoms. The van der Waals surface area contributed by atoms with E-state index in [-0.39, 0.29) is 24.6 Å². The monoisotopic (exact) mass is 356 g/mol. The molecule has 4 rings (SSSR count). The van der Waals surface area contributed by atoms with Crippen LogP contribution in [0.2, 0.25) is 0 Å². The Labute approximate surface area is 151 Å². The van der Waals surface area contributed by atoms with Gasteiger partial charge in [-0.05, 0) is 36.8 Å². The highest BCUT2D eigenvalue weighted by molar-refractivity contribution is 6.00. The number of carbonyl (C=O) groups is 1. The third-order valence-electron chi connectivity index (χ3n) is 4.88. The lowest BCUT2D eigenvalue weighted by molar-refractivity contribution is 0.0779. The molecule has 26 heavy (non-hydrogen) atoms. The number of fused-ring (bicyclic) bond motifs is 2. The fourth-order valence-electron chi connectivity index (χ4n) is 3.46. The van der Waals surface area contributed by atoms with Crippen LogP contribution in [0.4, 0.5) is 0 Å². The van der Waals surface area contributed by atoms with Crippen LogP contribution in [0.5, 0.6) is 23.0 Å². The van der Waals surface area contributed by atoms with Crippen LogP contribution in [-0.4, -0.2) is 30.9 Å². The summed E-state index contributed by atoms with van der Waals surface area (Å²) in [6.07, 6.45) is -1.30. The van der Waals surface area contributed by atoms with E-state index >= 15 is 0 Å². The molecular formula is C20H20O6. The number of methoxy groups -OCH3 is 1. The molecule has 0 saturated heterocycles. The van der Waals surface area contributed by atoms with E-state index in [1.165, 1.54) is 14.0 Å². The number of Topliss-reactive ketones (excluding diaryl/α,β-unsaturated/α-hetero) is 1. The van der Waals surface area contributed by atoms with Crippen LogP contribution in [0, 0.1) is 0 Å². The van der Waals surface area contributed by atoms with Gasteiger partial charge in [-0.15, -0.1) is 0 Å². The number of rotatable bonds is 4. The fourth-order valence-corrected chi connectivity index (χ4v) is 3.46. The van der Waals surface area contributed by atoms with Gasteiger partial charge in [0.15, 0.2) is 28.8 Å². The van der Waals surface area contributed by atoms with Gasteiger partial charge in [-0.1, -0.05) is 13.0 Å². The van der Waals surface area contributed by atoms with Crippen LogP contribution in [-0.2, 0) is 0 Å². The van der Waals surface area contributed by atoms with Crippen molar-refractivity contribution in [3.8, 4) is 23.0 Å². The molecule has 0 saturated carbocycles. The first-order valence-electron chi connectivity index (χ1n) is 8.50. The van der Waals surface area contributed by atoms with Gasteiger partial charge in [0.2, 0.25) is 6.79 Å². The molecule has 3 atom stereocenters. The number of ether oxygens (including phenoxy) is 4. The van der Waals surface area contributed by atoms with Crippen molar-refractivity contribution in [1.82, 2.24) is 0 Å². The van der Waals surface area contributed by atoms with Crippen LogP contribution in [0.1, 0.15) is 47.4 Å². The van der Waals surface area contributed by atoms with E-state index in [0.717, 1.165) is 16.9 Å². The second-order valence-electron chi connectivity index (χ2n) is 6.58. The lowest BCUT2D eigenvalue weighted by Crippen LogP contribution is -2.16. The van der Waals surface area contributed by atoms with Gasteiger partial charge in [-0.25, -0.2) is 0 Å². The summed E-state index contributed by atoms with van der Waals surface area (Å²) in [4.78, 5) is 12.2. The van der Waals surface area contributed by atoms with E-state index in [1.54, 1.807) is 12.1 Å². The maximum atomic E-state index is 12.2. The van der Waals surface area contributed by atoms with E-state index in [1.807, 2.05) is 25.1 Å². The average Bonchev–Trinajstić information content (AvgIpc) is 3.24. The minimum absolute atomic E-state index is 0.000945.